The molecule has 2 aliphatic rings. The zero-order valence-corrected chi connectivity index (χ0v) is 16.5. The number of nitrogens with one attached hydrogen (secondary N) is 2. The van der Waals surface area contributed by atoms with Crippen molar-refractivity contribution in [2.45, 2.75) is 24.9 Å². The minimum atomic E-state index is -0.217. The summed E-state index contributed by atoms with van der Waals surface area (Å²) in [5.74, 6) is 1.55. The van der Waals surface area contributed by atoms with Crippen molar-refractivity contribution in [3.63, 3.8) is 0 Å². The van der Waals surface area contributed by atoms with E-state index in [1.807, 2.05) is 18.2 Å². The zero-order valence-electron chi connectivity index (χ0n) is 15.8. The Morgan fingerprint density at radius 2 is 2.17 bits per heavy atom. The summed E-state index contributed by atoms with van der Waals surface area (Å²) < 4.78 is 5.56. The smallest absolute Gasteiger partial charge is 0.273 e. The number of H-pyrrole nitrogens is 1. The Morgan fingerprint density at radius 3 is 3.00 bits per heavy atom. The molecule has 0 bridgehead atoms. The molecule has 2 saturated heterocycles. The summed E-state index contributed by atoms with van der Waals surface area (Å²) in [7, 11) is 0. The van der Waals surface area contributed by atoms with Crippen LogP contribution in [0.3, 0.4) is 0 Å². The molecule has 3 aromatic rings. The maximum absolute atomic E-state index is 12.6. The molecule has 9 heteroatoms. The van der Waals surface area contributed by atoms with Crippen LogP contribution in [-0.4, -0.2) is 58.2 Å². The molecule has 0 saturated carbocycles. The molecule has 5 rings (SSSR count). The van der Waals surface area contributed by atoms with Crippen molar-refractivity contribution in [1.82, 2.24) is 25.3 Å². The molecule has 0 radical (unpaired) electrons. The highest BCUT2D eigenvalue weighted by Gasteiger charge is 2.34. The number of hydrogen-bond donors (Lipinski definition) is 2. The summed E-state index contributed by atoms with van der Waals surface area (Å²) >= 11 is 6.06. The van der Waals surface area contributed by atoms with Crippen LogP contribution in [0.25, 0.3) is 11.0 Å². The first-order valence-electron chi connectivity index (χ1n) is 9.78. The lowest BCUT2D eigenvalue weighted by atomic mass is 9.99. The van der Waals surface area contributed by atoms with E-state index in [0.717, 1.165) is 49.4 Å². The number of halogens is 1. The second-order valence-electron chi connectivity index (χ2n) is 7.46. The van der Waals surface area contributed by atoms with Crippen molar-refractivity contribution in [1.29, 1.82) is 0 Å². The van der Waals surface area contributed by atoms with E-state index in [1.54, 1.807) is 12.4 Å². The number of carbonyl (C=O) groups is 1. The maximum Gasteiger partial charge on any atom is 0.273 e. The van der Waals surface area contributed by atoms with Gasteiger partial charge in [0, 0.05) is 43.7 Å². The number of carbonyl (C=O) groups excluding carboxylic acids is 1. The molecule has 2 aliphatic heterocycles. The molecule has 2 aromatic heterocycles. The molecule has 0 spiro atoms. The summed E-state index contributed by atoms with van der Waals surface area (Å²) in [6.07, 6.45) is 5.27. The fourth-order valence-corrected chi connectivity index (χ4v) is 4.01. The van der Waals surface area contributed by atoms with Crippen molar-refractivity contribution in [2.75, 3.05) is 31.1 Å². The first-order valence-corrected chi connectivity index (χ1v) is 10.2. The van der Waals surface area contributed by atoms with E-state index in [4.69, 9.17) is 16.3 Å². The quantitative estimate of drug-likeness (QED) is 0.668. The lowest BCUT2D eigenvalue weighted by Gasteiger charge is -2.39. The number of imidazole rings is 1. The number of ether oxygens (including phenoxy) is 1. The van der Waals surface area contributed by atoms with Crippen molar-refractivity contribution in [3.05, 3.63) is 47.1 Å². The van der Waals surface area contributed by atoms with Gasteiger partial charge in [0.25, 0.3) is 5.91 Å². The molecule has 2 fully saturated rings. The Bertz CT molecular complexity index is 1040. The lowest BCUT2D eigenvalue weighted by Crippen LogP contribution is -2.47. The average Bonchev–Trinajstić information content (AvgIpc) is 3.34. The second kappa shape index (κ2) is 7.61. The number of amides is 1. The highest BCUT2D eigenvalue weighted by atomic mass is 35.5. The number of aromatic nitrogens is 4. The summed E-state index contributed by atoms with van der Waals surface area (Å²) in [5, 5.41) is 3.61. The molecule has 8 nitrogen and oxygen atoms in total. The van der Waals surface area contributed by atoms with Crippen molar-refractivity contribution in [2.24, 2.45) is 0 Å². The predicted octanol–water partition coefficient (Wildman–Crippen LogP) is 2.52. The highest BCUT2D eigenvalue weighted by Crippen LogP contribution is 2.31. The molecule has 150 valence electrons. The monoisotopic (exact) mass is 412 g/mol. The minimum Gasteiger partial charge on any atom is -0.376 e. The third kappa shape index (κ3) is 3.65. The van der Waals surface area contributed by atoms with Crippen molar-refractivity contribution < 1.29 is 9.53 Å². The number of hydrogen-bond acceptors (Lipinski definition) is 6. The lowest BCUT2D eigenvalue weighted by molar-refractivity contribution is 0.0853. The number of benzene rings is 1. The van der Waals surface area contributed by atoms with Gasteiger partial charge in [0.15, 0.2) is 11.5 Å². The molecule has 1 amide bonds. The molecule has 0 aliphatic carbocycles. The summed E-state index contributed by atoms with van der Waals surface area (Å²) in [4.78, 5) is 31.4. The van der Waals surface area contributed by atoms with Gasteiger partial charge in [-0.3, -0.25) is 4.79 Å². The zero-order chi connectivity index (χ0) is 19.8. The fraction of sp³-hybridized carbons (Fsp3) is 0.400. The summed E-state index contributed by atoms with van der Waals surface area (Å²) in [6, 6.07) is 5.62. The normalized spacial score (nSPS) is 19.5. The summed E-state index contributed by atoms with van der Waals surface area (Å²) in [5.41, 5.74) is 2.18. The van der Waals surface area contributed by atoms with Crippen LogP contribution in [0.2, 0.25) is 5.02 Å². The Kier molecular flexibility index (Phi) is 4.81. The summed E-state index contributed by atoms with van der Waals surface area (Å²) in [6.45, 7) is 2.70. The van der Waals surface area contributed by atoms with Gasteiger partial charge in [-0.15, -0.1) is 0 Å². The van der Waals surface area contributed by atoms with Crippen LogP contribution in [0, 0.1) is 0 Å². The van der Waals surface area contributed by atoms with Crippen molar-refractivity contribution >= 4 is 34.4 Å². The predicted molar refractivity (Wildman–Crippen MR) is 109 cm³/mol. The van der Waals surface area contributed by atoms with E-state index >= 15 is 0 Å². The fourth-order valence-electron chi connectivity index (χ4n) is 3.84. The van der Waals surface area contributed by atoms with Gasteiger partial charge < -0.3 is 19.9 Å². The SMILES string of the molecule is O=C(NCC1CCCO1)c1nccnc1N1CC(c2nc3ccc(Cl)cc3[nH]2)C1. The first-order chi connectivity index (χ1) is 14.2. The van der Waals surface area contributed by atoms with Crippen LogP contribution >= 0.6 is 11.6 Å². The van der Waals surface area contributed by atoms with Crippen LogP contribution < -0.4 is 10.2 Å². The standard InChI is InChI=1S/C20H21ClN6O2/c21-13-3-4-15-16(8-13)26-18(25-15)12-10-27(11-12)19-17(22-5-6-23-19)20(28)24-9-14-2-1-7-29-14/h3-6,8,12,14H,1-2,7,9-11H2,(H,24,28)(H,25,26). The third-order valence-corrected chi connectivity index (χ3v) is 5.67. The third-order valence-electron chi connectivity index (χ3n) is 5.44. The number of anilines is 1. The Morgan fingerprint density at radius 1 is 1.31 bits per heavy atom. The number of aromatic amines is 1. The Balaban J connectivity index is 1.26. The largest absolute Gasteiger partial charge is 0.376 e. The van der Waals surface area contributed by atoms with Crippen LogP contribution in [0.5, 0.6) is 0 Å². The maximum atomic E-state index is 12.6. The van der Waals surface area contributed by atoms with Gasteiger partial charge in [-0.05, 0) is 31.0 Å². The van der Waals surface area contributed by atoms with Crippen molar-refractivity contribution in [3.8, 4) is 0 Å². The molecule has 2 N–H and O–H groups in total. The number of nitrogens with zero attached hydrogens (tertiary/aromatic N) is 4. The first kappa shape index (κ1) is 18.3. The van der Waals surface area contributed by atoms with E-state index in [0.29, 0.717) is 23.1 Å². The molecule has 29 heavy (non-hydrogen) atoms. The van der Waals surface area contributed by atoms with E-state index in [2.05, 4.69) is 30.2 Å². The van der Waals surface area contributed by atoms with Crippen LogP contribution in [0.4, 0.5) is 5.82 Å². The van der Waals surface area contributed by atoms with Gasteiger partial charge in [0.05, 0.1) is 23.1 Å². The van der Waals surface area contributed by atoms with E-state index < -0.39 is 0 Å². The molecule has 1 aromatic carbocycles. The van der Waals surface area contributed by atoms with E-state index in [9.17, 15) is 4.79 Å². The van der Waals surface area contributed by atoms with Crippen LogP contribution in [-0.2, 0) is 4.74 Å². The Labute approximate surface area is 172 Å². The van der Waals surface area contributed by atoms with Gasteiger partial charge >= 0.3 is 0 Å². The molecular weight excluding hydrogens is 392 g/mol. The Hall–Kier alpha value is -2.71. The topological polar surface area (TPSA) is 96.0 Å². The number of rotatable bonds is 5. The minimum absolute atomic E-state index is 0.0917. The van der Waals surface area contributed by atoms with E-state index in [-0.39, 0.29) is 17.9 Å². The van der Waals surface area contributed by atoms with Gasteiger partial charge in [-0.1, -0.05) is 11.6 Å². The van der Waals surface area contributed by atoms with Gasteiger partial charge in [0.1, 0.15) is 5.82 Å². The second-order valence-corrected chi connectivity index (χ2v) is 7.90. The van der Waals surface area contributed by atoms with Crippen LogP contribution in [0.1, 0.15) is 35.1 Å². The average molecular weight is 413 g/mol. The molecular formula is C20H21ClN6O2. The van der Waals surface area contributed by atoms with Gasteiger partial charge in [-0.25, -0.2) is 15.0 Å². The number of fused-ring (bicyclic) bond motifs is 1. The molecule has 4 heterocycles. The molecule has 1 unspecified atom stereocenters. The van der Waals surface area contributed by atoms with E-state index in [1.165, 1.54) is 0 Å². The van der Waals surface area contributed by atoms with Gasteiger partial charge in [0.2, 0.25) is 0 Å². The highest BCUT2D eigenvalue weighted by molar-refractivity contribution is 6.31. The molecule has 1 atom stereocenters. The van der Waals surface area contributed by atoms with Crippen LogP contribution in [0.15, 0.2) is 30.6 Å². The van der Waals surface area contributed by atoms with Gasteiger partial charge in [-0.2, -0.15) is 0 Å².